The van der Waals surface area contributed by atoms with Crippen molar-refractivity contribution in [3.63, 3.8) is 0 Å². The van der Waals surface area contributed by atoms with Gasteiger partial charge >= 0.3 is 5.97 Å². The van der Waals surface area contributed by atoms with Crippen LogP contribution in [0.5, 0.6) is 0 Å². The fraction of sp³-hybridized carbons (Fsp3) is 0.364. The van der Waals surface area contributed by atoms with E-state index in [-0.39, 0.29) is 12.5 Å². The molecule has 2 nitrogen and oxygen atoms in total. The zero-order valence-corrected chi connectivity index (χ0v) is 8.59. The third kappa shape index (κ3) is 3.01. The summed E-state index contributed by atoms with van der Waals surface area (Å²) in [5, 5.41) is 0. The minimum atomic E-state index is -0.959. The number of halogens is 2. The highest BCUT2D eigenvalue weighted by Crippen LogP contribution is 2.13. The van der Waals surface area contributed by atoms with Crippen LogP contribution in [0.3, 0.4) is 0 Å². The van der Waals surface area contributed by atoms with Gasteiger partial charge in [-0.05, 0) is 18.1 Å². The fourth-order valence-corrected chi connectivity index (χ4v) is 1.01. The standard InChI is InChI=1S/C11H12F2O2/c1-7(2)6-15-11(14)10-8(12)4-3-5-9(10)13/h3-5,7H,6H2,1-2H3. The van der Waals surface area contributed by atoms with Crippen molar-refractivity contribution in [3.8, 4) is 0 Å². The lowest BCUT2D eigenvalue weighted by atomic mass is 10.2. The summed E-state index contributed by atoms with van der Waals surface area (Å²) in [5.74, 6) is -2.63. The Labute approximate surface area is 86.9 Å². The molecule has 0 saturated carbocycles. The number of carbonyl (C=O) groups excluding carboxylic acids is 1. The summed E-state index contributed by atoms with van der Waals surface area (Å²) in [5.41, 5.74) is -0.627. The van der Waals surface area contributed by atoms with E-state index in [9.17, 15) is 13.6 Å². The van der Waals surface area contributed by atoms with Crippen LogP contribution in [-0.2, 0) is 4.74 Å². The zero-order valence-electron chi connectivity index (χ0n) is 8.59. The summed E-state index contributed by atoms with van der Waals surface area (Å²) >= 11 is 0. The van der Waals surface area contributed by atoms with Crippen molar-refractivity contribution in [3.05, 3.63) is 35.4 Å². The Morgan fingerprint density at radius 2 is 1.87 bits per heavy atom. The average Bonchev–Trinajstić information content (AvgIpc) is 2.14. The second-order valence-corrected chi connectivity index (χ2v) is 3.59. The molecule has 0 aromatic heterocycles. The highest BCUT2D eigenvalue weighted by atomic mass is 19.1. The minimum Gasteiger partial charge on any atom is -0.462 e. The third-order valence-electron chi connectivity index (χ3n) is 1.71. The van der Waals surface area contributed by atoms with Crippen molar-refractivity contribution in [2.75, 3.05) is 6.61 Å². The van der Waals surface area contributed by atoms with E-state index in [2.05, 4.69) is 0 Å². The molecule has 82 valence electrons. The molecule has 0 atom stereocenters. The Morgan fingerprint density at radius 3 is 2.33 bits per heavy atom. The molecule has 0 radical (unpaired) electrons. The topological polar surface area (TPSA) is 26.3 Å². The second kappa shape index (κ2) is 4.87. The first-order valence-corrected chi connectivity index (χ1v) is 4.63. The molecule has 0 aliphatic rings. The summed E-state index contributed by atoms with van der Waals surface area (Å²) in [6, 6.07) is 3.24. The molecule has 0 amide bonds. The van der Waals surface area contributed by atoms with E-state index in [1.54, 1.807) is 0 Å². The zero-order chi connectivity index (χ0) is 11.4. The molecule has 0 fully saturated rings. The molecule has 15 heavy (non-hydrogen) atoms. The molecular weight excluding hydrogens is 202 g/mol. The lowest BCUT2D eigenvalue weighted by Gasteiger charge is -2.08. The lowest BCUT2D eigenvalue weighted by molar-refractivity contribution is 0.0448. The number of hydrogen-bond acceptors (Lipinski definition) is 2. The van der Waals surface area contributed by atoms with E-state index >= 15 is 0 Å². The first kappa shape index (κ1) is 11.6. The highest BCUT2D eigenvalue weighted by molar-refractivity contribution is 5.89. The molecule has 0 aliphatic heterocycles. The third-order valence-corrected chi connectivity index (χ3v) is 1.71. The van der Waals surface area contributed by atoms with E-state index in [1.165, 1.54) is 6.07 Å². The van der Waals surface area contributed by atoms with Crippen molar-refractivity contribution in [1.82, 2.24) is 0 Å². The van der Waals surface area contributed by atoms with Crippen LogP contribution in [-0.4, -0.2) is 12.6 Å². The normalized spacial score (nSPS) is 10.5. The van der Waals surface area contributed by atoms with Gasteiger partial charge in [-0.1, -0.05) is 19.9 Å². The molecule has 0 unspecified atom stereocenters. The van der Waals surface area contributed by atoms with E-state index in [4.69, 9.17) is 4.74 Å². The number of hydrogen-bond donors (Lipinski definition) is 0. The van der Waals surface area contributed by atoms with Crippen LogP contribution in [0.15, 0.2) is 18.2 Å². The second-order valence-electron chi connectivity index (χ2n) is 3.59. The number of rotatable bonds is 3. The molecule has 0 aliphatic carbocycles. The van der Waals surface area contributed by atoms with Crippen molar-refractivity contribution >= 4 is 5.97 Å². The Hall–Kier alpha value is -1.45. The monoisotopic (exact) mass is 214 g/mol. The van der Waals surface area contributed by atoms with Crippen molar-refractivity contribution in [1.29, 1.82) is 0 Å². The Bertz CT molecular complexity index is 341. The molecule has 4 heteroatoms. The molecular formula is C11H12F2O2. The summed E-state index contributed by atoms with van der Waals surface area (Å²) in [4.78, 5) is 11.3. The van der Waals surface area contributed by atoms with Crippen LogP contribution in [0.25, 0.3) is 0 Å². The fourth-order valence-electron chi connectivity index (χ4n) is 1.01. The van der Waals surface area contributed by atoms with Gasteiger partial charge in [0.25, 0.3) is 0 Å². The van der Waals surface area contributed by atoms with Gasteiger partial charge in [-0.25, -0.2) is 13.6 Å². The molecule has 0 heterocycles. The van der Waals surface area contributed by atoms with E-state index in [1.807, 2.05) is 13.8 Å². The van der Waals surface area contributed by atoms with Crippen LogP contribution in [0.4, 0.5) is 8.78 Å². The predicted octanol–water partition coefficient (Wildman–Crippen LogP) is 2.78. The quantitative estimate of drug-likeness (QED) is 0.723. The first-order chi connectivity index (χ1) is 7.02. The number of ether oxygens (including phenoxy) is 1. The van der Waals surface area contributed by atoms with Crippen LogP contribution in [0.2, 0.25) is 0 Å². The number of benzene rings is 1. The molecule has 0 bridgehead atoms. The summed E-state index contributed by atoms with van der Waals surface area (Å²) < 4.78 is 30.9. The largest absolute Gasteiger partial charge is 0.462 e. The molecule has 1 aromatic carbocycles. The van der Waals surface area contributed by atoms with Gasteiger partial charge in [-0.2, -0.15) is 0 Å². The van der Waals surface area contributed by atoms with Gasteiger partial charge in [0.2, 0.25) is 0 Å². The van der Waals surface area contributed by atoms with Crippen molar-refractivity contribution in [2.24, 2.45) is 5.92 Å². The molecule has 0 N–H and O–H groups in total. The van der Waals surface area contributed by atoms with Gasteiger partial charge in [-0.15, -0.1) is 0 Å². The molecule has 1 aromatic rings. The maximum absolute atomic E-state index is 13.1. The maximum atomic E-state index is 13.1. The number of esters is 1. The van der Waals surface area contributed by atoms with Crippen molar-refractivity contribution < 1.29 is 18.3 Å². The van der Waals surface area contributed by atoms with Gasteiger partial charge < -0.3 is 4.74 Å². The van der Waals surface area contributed by atoms with Gasteiger partial charge in [0.15, 0.2) is 0 Å². The summed E-state index contributed by atoms with van der Waals surface area (Å²) in [6.07, 6.45) is 0. The first-order valence-electron chi connectivity index (χ1n) is 4.63. The lowest BCUT2D eigenvalue weighted by Crippen LogP contribution is -2.13. The number of carbonyl (C=O) groups is 1. The Balaban J connectivity index is 2.82. The maximum Gasteiger partial charge on any atom is 0.344 e. The van der Waals surface area contributed by atoms with Crippen molar-refractivity contribution in [2.45, 2.75) is 13.8 Å². The highest BCUT2D eigenvalue weighted by Gasteiger charge is 2.18. The van der Waals surface area contributed by atoms with Crippen LogP contribution in [0.1, 0.15) is 24.2 Å². The van der Waals surface area contributed by atoms with E-state index in [0.29, 0.717) is 0 Å². The summed E-state index contributed by atoms with van der Waals surface area (Å²) in [6.45, 7) is 3.82. The van der Waals surface area contributed by atoms with Crippen LogP contribution >= 0.6 is 0 Å². The summed E-state index contributed by atoms with van der Waals surface area (Å²) in [7, 11) is 0. The van der Waals surface area contributed by atoms with E-state index < -0.39 is 23.2 Å². The Morgan fingerprint density at radius 1 is 1.33 bits per heavy atom. The van der Waals surface area contributed by atoms with Gasteiger partial charge in [0, 0.05) is 0 Å². The Kier molecular flexibility index (Phi) is 3.77. The van der Waals surface area contributed by atoms with E-state index in [0.717, 1.165) is 12.1 Å². The minimum absolute atomic E-state index is 0.129. The smallest absolute Gasteiger partial charge is 0.344 e. The van der Waals surface area contributed by atoms with Gasteiger partial charge in [0.1, 0.15) is 17.2 Å². The SMILES string of the molecule is CC(C)COC(=O)c1c(F)cccc1F. The van der Waals surface area contributed by atoms with Crippen LogP contribution < -0.4 is 0 Å². The molecule has 1 rings (SSSR count). The van der Waals surface area contributed by atoms with Gasteiger partial charge in [0.05, 0.1) is 6.61 Å². The predicted molar refractivity (Wildman–Crippen MR) is 51.5 cm³/mol. The van der Waals surface area contributed by atoms with Crippen LogP contribution in [0, 0.1) is 17.6 Å². The van der Waals surface area contributed by atoms with Gasteiger partial charge in [-0.3, -0.25) is 0 Å². The molecule has 0 spiro atoms. The molecule has 0 saturated heterocycles. The average molecular weight is 214 g/mol.